The third kappa shape index (κ3) is 53.8. The van der Waals surface area contributed by atoms with Crippen molar-refractivity contribution < 1.29 is 80.2 Å². The van der Waals surface area contributed by atoms with Crippen molar-refractivity contribution in [3.05, 3.63) is 0 Å². The lowest BCUT2D eigenvalue weighted by Gasteiger charge is -2.21. The largest absolute Gasteiger partial charge is 0.472 e. The lowest BCUT2D eigenvalue weighted by atomic mass is 9.99. The molecule has 0 radical (unpaired) electrons. The van der Waals surface area contributed by atoms with Gasteiger partial charge in [-0.1, -0.05) is 235 Å². The molecule has 0 saturated heterocycles. The maximum atomic E-state index is 12.9. The number of phosphoric acid groups is 2. The van der Waals surface area contributed by atoms with Crippen LogP contribution in [-0.4, -0.2) is 96.7 Å². The number of phosphoric ester groups is 2. The van der Waals surface area contributed by atoms with Crippen molar-refractivity contribution in [2.45, 2.75) is 304 Å². The van der Waals surface area contributed by atoms with E-state index < -0.39 is 97.5 Å². The summed E-state index contributed by atoms with van der Waals surface area (Å²) >= 11 is 0. The maximum absolute atomic E-state index is 12.9. The normalized spacial score (nSPS) is 14.8. The molecule has 3 N–H and O–H groups in total. The van der Waals surface area contributed by atoms with Crippen LogP contribution < -0.4 is 0 Å². The summed E-state index contributed by atoms with van der Waals surface area (Å²) in [4.78, 5) is 71.9. The van der Waals surface area contributed by atoms with Crippen LogP contribution in [-0.2, 0) is 65.4 Å². The Morgan fingerprint density at radius 1 is 0.367 bits per heavy atom. The van der Waals surface area contributed by atoms with Gasteiger partial charge in [0.2, 0.25) is 0 Å². The molecular weight excluding hydrogens is 1050 g/mol. The Morgan fingerprint density at radius 3 is 0.962 bits per heavy atom. The molecular formula is C60H116O17P2. The predicted octanol–water partition coefficient (Wildman–Crippen LogP) is 15.9. The molecule has 3 unspecified atom stereocenters. The Kier molecular flexibility index (Phi) is 50.4. The van der Waals surface area contributed by atoms with Crippen molar-refractivity contribution in [2.75, 3.05) is 39.6 Å². The summed E-state index contributed by atoms with van der Waals surface area (Å²) in [5.41, 5.74) is 0. The summed E-state index contributed by atoms with van der Waals surface area (Å²) in [5.74, 6) is -0.00548. The number of hydrogen-bond donors (Lipinski definition) is 3. The van der Waals surface area contributed by atoms with Gasteiger partial charge in [0.05, 0.1) is 26.4 Å². The average molecular weight is 1170 g/mol. The first-order valence-corrected chi connectivity index (χ1v) is 34.4. The minimum absolute atomic E-state index is 0.101. The number of ether oxygens (including phenoxy) is 4. The molecule has 0 spiro atoms. The second-order valence-corrected chi connectivity index (χ2v) is 25.8. The number of esters is 4. The standard InChI is InChI=1S/C60H116O17P2/c1-8-10-11-12-13-19-27-34-41-57(62)70-48-56(77-60(65)44-37-30-23-22-25-32-39-52(5)6)50-75-79(68,69)73-46-54(61)45-72-78(66,67)74-49-55(47-71-58(63)42-35-28-21-16-17-24-31-38-51(3)4)76-59(64)43-36-29-20-15-14-18-26-33-40-53(7)9-2/h51-56,61H,8-50H2,1-7H3,(H,66,67)(H,68,69)/t53?,54-,55-,56-/m1/s1. The monoisotopic (exact) mass is 1170 g/mol. The van der Waals surface area contributed by atoms with Gasteiger partial charge < -0.3 is 33.8 Å². The molecule has 0 heterocycles. The van der Waals surface area contributed by atoms with Crippen LogP contribution in [0.4, 0.5) is 0 Å². The van der Waals surface area contributed by atoms with Crippen LogP contribution in [0.3, 0.4) is 0 Å². The van der Waals surface area contributed by atoms with Crippen molar-refractivity contribution in [3.8, 4) is 0 Å². The van der Waals surface area contributed by atoms with Gasteiger partial charge in [0.15, 0.2) is 12.2 Å². The summed E-state index contributed by atoms with van der Waals surface area (Å²) in [7, 11) is -9.88. The van der Waals surface area contributed by atoms with Crippen molar-refractivity contribution in [1.82, 2.24) is 0 Å². The van der Waals surface area contributed by atoms with E-state index in [0.29, 0.717) is 37.5 Å². The van der Waals surface area contributed by atoms with Gasteiger partial charge in [-0.2, -0.15) is 0 Å². The fourth-order valence-corrected chi connectivity index (χ4v) is 10.3. The van der Waals surface area contributed by atoms with Crippen molar-refractivity contribution >= 4 is 39.5 Å². The third-order valence-corrected chi connectivity index (χ3v) is 15.9. The summed E-state index contributed by atoms with van der Waals surface area (Å²) < 4.78 is 67.7. The molecule has 17 nitrogen and oxygen atoms in total. The Hall–Kier alpha value is -1.94. The molecule has 6 atom stereocenters. The zero-order chi connectivity index (χ0) is 58.8. The molecule has 0 bridgehead atoms. The quantitative estimate of drug-likeness (QED) is 0.0222. The van der Waals surface area contributed by atoms with Gasteiger partial charge in [-0.05, 0) is 43.4 Å². The lowest BCUT2D eigenvalue weighted by molar-refractivity contribution is -0.161. The Morgan fingerprint density at radius 2 is 0.646 bits per heavy atom. The molecule has 0 aliphatic heterocycles. The average Bonchev–Trinajstić information content (AvgIpc) is 3.40. The Balaban J connectivity index is 5.24. The fourth-order valence-electron chi connectivity index (χ4n) is 8.74. The Labute approximate surface area is 479 Å². The van der Waals surface area contributed by atoms with E-state index >= 15 is 0 Å². The second-order valence-electron chi connectivity index (χ2n) is 22.9. The molecule has 0 aromatic heterocycles. The van der Waals surface area contributed by atoms with Crippen LogP contribution in [0.25, 0.3) is 0 Å². The molecule has 0 aromatic carbocycles. The Bertz CT molecular complexity index is 1580. The maximum Gasteiger partial charge on any atom is 0.472 e. The van der Waals surface area contributed by atoms with Gasteiger partial charge in [0, 0.05) is 25.7 Å². The van der Waals surface area contributed by atoms with Gasteiger partial charge in [-0.25, -0.2) is 9.13 Å². The van der Waals surface area contributed by atoms with E-state index in [9.17, 15) is 43.2 Å². The van der Waals surface area contributed by atoms with E-state index in [0.717, 1.165) is 109 Å². The summed E-state index contributed by atoms with van der Waals surface area (Å²) in [5, 5.41) is 10.5. The number of carbonyl (C=O) groups is 4. The molecule has 79 heavy (non-hydrogen) atoms. The molecule has 0 saturated carbocycles. The first-order valence-electron chi connectivity index (χ1n) is 31.4. The molecule has 0 fully saturated rings. The molecule has 19 heteroatoms. The minimum atomic E-state index is -4.94. The molecule has 0 aliphatic rings. The van der Waals surface area contributed by atoms with Gasteiger partial charge in [0.25, 0.3) is 0 Å². The summed E-state index contributed by atoms with van der Waals surface area (Å²) in [6.45, 7) is 11.6. The SMILES string of the molecule is CCCCCCCCCCC(=O)OC[C@H](COP(=O)(O)OC[C@H](O)COP(=O)(O)OC[C@@H](COC(=O)CCCCCCCCCC(C)C)OC(=O)CCCCCCCCCCC(C)CC)OC(=O)CCCCCCCCC(C)C. The number of carbonyl (C=O) groups excluding carboxylic acids is 4. The van der Waals surface area contributed by atoms with E-state index in [1.165, 1.54) is 83.5 Å². The third-order valence-electron chi connectivity index (χ3n) is 14.0. The van der Waals surface area contributed by atoms with Crippen LogP contribution >= 0.6 is 15.6 Å². The van der Waals surface area contributed by atoms with Crippen LogP contribution in [0.2, 0.25) is 0 Å². The highest BCUT2D eigenvalue weighted by Gasteiger charge is 2.30. The zero-order valence-electron chi connectivity index (χ0n) is 50.8. The van der Waals surface area contributed by atoms with Gasteiger partial charge in [-0.15, -0.1) is 0 Å². The van der Waals surface area contributed by atoms with Gasteiger partial charge >= 0.3 is 39.5 Å². The minimum Gasteiger partial charge on any atom is -0.462 e. The second kappa shape index (κ2) is 51.7. The highest BCUT2D eigenvalue weighted by Crippen LogP contribution is 2.45. The number of hydrogen-bond acceptors (Lipinski definition) is 15. The lowest BCUT2D eigenvalue weighted by Crippen LogP contribution is -2.30. The van der Waals surface area contributed by atoms with E-state index in [-0.39, 0.29) is 25.7 Å². The van der Waals surface area contributed by atoms with Crippen molar-refractivity contribution in [1.29, 1.82) is 0 Å². The molecule has 0 aliphatic carbocycles. The van der Waals surface area contributed by atoms with Gasteiger partial charge in [0.1, 0.15) is 19.3 Å². The van der Waals surface area contributed by atoms with Crippen LogP contribution in [0.15, 0.2) is 0 Å². The van der Waals surface area contributed by atoms with E-state index in [2.05, 4.69) is 48.5 Å². The topological polar surface area (TPSA) is 237 Å². The number of unbranched alkanes of at least 4 members (excludes halogenated alkanes) is 25. The molecule has 0 aromatic rings. The van der Waals surface area contributed by atoms with Crippen LogP contribution in [0, 0.1) is 17.8 Å². The smallest absolute Gasteiger partial charge is 0.462 e. The summed E-state index contributed by atoms with van der Waals surface area (Å²) in [6.07, 6.45) is 31.0. The fraction of sp³-hybridized carbons (Fsp3) is 0.933. The van der Waals surface area contributed by atoms with Crippen LogP contribution in [0.1, 0.15) is 286 Å². The van der Waals surface area contributed by atoms with Crippen molar-refractivity contribution in [3.63, 3.8) is 0 Å². The first kappa shape index (κ1) is 77.1. The molecule has 468 valence electrons. The van der Waals surface area contributed by atoms with E-state index in [1.807, 2.05) is 0 Å². The summed E-state index contributed by atoms with van der Waals surface area (Å²) in [6, 6.07) is 0. The highest BCUT2D eigenvalue weighted by molar-refractivity contribution is 7.47. The first-order chi connectivity index (χ1) is 37.8. The number of aliphatic hydroxyl groups is 1. The van der Waals surface area contributed by atoms with Crippen molar-refractivity contribution in [2.24, 2.45) is 17.8 Å². The number of rotatable bonds is 58. The van der Waals surface area contributed by atoms with Gasteiger partial charge in [-0.3, -0.25) is 37.3 Å². The molecule has 0 rings (SSSR count). The molecule has 0 amide bonds. The van der Waals surface area contributed by atoms with E-state index in [1.54, 1.807) is 0 Å². The van der Waals surface area contributed by atoms with E-state index in [4.69, 9.17) is 37.0 Å². The predicted molar refractivity (Wildman–Crippen MR) is 312 cm³/mol. The zero-order valence-corrected chi connectivity index (χ0v) is 52.6. The van der Waals surface area contributed by atoms with Crippen LogP contribution in [0.5, 0.6) is 0 Å². The number of aliphatic hydroxyl groups excluding tert-OH is 1. The highest BCUT2D eigenvalue weighted by atomic mass is 31.2.